The Kier molecular flexibility index (Phi) is 3.90. The van der Waals surface area contributed by atoms with Gasteiger partial charge in [0.25, 0.3) is 0 Å². The van der Waals surface area contributed by atoms with Gasteiger partial charge >= 0.3 is 6.03 Å². The number of aromatic nitrogens is 3. The van der Waals surface area contributed by atoms with Crippen LogP contribution in [0.15, 0.2) is 30.6 Å². The molecule has 0 bridgehead atoms. The predicted octanol–water partition coefficient (Wildman–Crippen LogP) is 1.48. The number of urea groups is 1. The zero-order valence-corrected chi connectivity index (χ0v) is 10.1. The van der Waals surface area contributed by atoms with E-state index in [9.17, 15) is 4.79 Å². The van der Waals surface area contributed by atoms with Crippen LogP contribution in [0.2, 0.25) is 0 Å². The van der Waals surface area contributed by atoms with E-state index in [0.717, 1.165) is 17.1 Å². The molecule has 2 amide bonds. The Bertz CT molecular complexity index is 509. The number of hydrogen-bond donors (Lipinski definition) is 3. The SMILES string of the molecule is Cc1cccc(NC(=O)NCCc2ncn[nH]2)c1. The van der Waals surface area contributed by atoms with E-state index in [1.807, 2.05) is 31.2 Å². The number of amides is 2. The third-order valence-electron chi connectivity index (χ3n) is 2.39. The van der Waals surface area contributed by atoms with E-state index in [1.165, 1.54) is 6.33 Å². The Labute approximate surface area is 105 Å². The molecule has 0 saturated carbocycles. The largest absolute Gasteiger partial charge is 0.337 e. The highest BCUT2D eigenvalue weighted by Gasteiger charge is 2.02. The van der Waals surface area contributed by atoms with Crippen molar-refractivity contribution < 1.29 is 4.79 Å². The summed E-state index contributed by atoms with van der Waals surface area (Å²) >= 11 is 0. The first-order chi connectivity index (χ1) is 8.74. The molecule has 2 aromatic rings. The fourth-order valence-electron chi connectivity index (χ4n) is 1.54. The average Bonchev–Trinajstić information content (AvgIpc) is 2.82. The van der Waals surface area contributed by atoms with Gasteiger partial charge in [-0.05, 0) is 24.6 Å². The van der Waals surface area contributed by atoms with Crippen LogP contribution in [0.25, 0.3) is 0 Å². The summed E-state index contributed by atoms with van der Waals surface area (Å²) in [5, 5.41) is 12.0. The Morgan fingerprint density at radius 2 is 2.33 bits per heavy atom. The lowest BCUT2D eigenvalue weighted by Gasteiger charge is -2.07. The predicted molar refractivity (Wildman–Crippen MR) is 68.3 cm³/mol. The van der Waals surface area contributed by atoms with Gasteiger partial charge in [-0.1, -0.05) is 12.1 Å². The normalized spacial score (nSPS) is 10.1. The van der Waals surface area contributed by atoms with Crippen LogP contribution in [0.3, 0.4) is 0 Å². The molecule has 6 heteroatoms. The van der Waals surface area contributed by atoms with Crippen LogP contribution in [0.1, 0.15) is 11.4 Å². The number of nitrogens with one attached hydrogen (secondary N) is 3. The minimum absolute atomic E-state index is 0.222. The van der Waals surface area contributed by atoms with Crippen LogP contribution in [-0.4, -0.2) is 27.8 Å². The lowest BCUT2D eigenvalue weighted by molar-refractivity contribution is 0.252. The van der Waals surface area contributed by atoms with E-state index in [2.05, 4.69) is 25.8 Å². The molecule has 0 aliphatic carbocycles. The molecule has 0 saturated heterocycles. The second-order valence-corrected chi connectivity index (χ2v) is 3.93. The van der Waals surface area contributed by atoms with Crippen molar-refractivity contribution in [2.24, 2.45) is 0 Å². The van der Waals surface area contributed by atoms with E-state index in [-0.39, 0.29) is 6.03 Å². The third kappa shape index (κ3) is 3.58. The second kappa shape index (κ2) is 5.81. The lowest BCUT2D eigenvalue weighted by atomic mass is 10.2. The standard InChI is InChI=1S/C12H15N5O/c1-9-3-2-4-10(7-9)16-12(18)13-6-5-11-14-8-15-17-11/h2-4,7-8H,5-6H2,1H3,(H2,13,16,18)(H,14,15,17). The second-order valence-electron chi connectivity index (χ2n) is 3.93. The Hall–Kier alpha value is -2.37. The maximum absolute atomic E-state index is 11.6. The van der Waals surface area contributed by atoms with Gasteiger partial charge in [0.15, 0.2) is 0 Å². The fraction of sp³-hybridized carbons (Fsp3) is 0.250. The molecule has 1 aromatic heterocycles. The highest BCUT2D eigenvalue weighted by atomic mass is 16.2. The van der Waals surface area contributed by atoms with Gasteiger partial charge in [-0.15, -0.1) is 0 Å². The highest BCUT2D eigenvalue weighted by molar-refractivity contribution is 5.89. The molecule has 0 atom stereocenters. The smallest absolute Gasteiger partial charge is 0.319 e. The number of anilines is 1. The van der Waals surface area contributed by atoms with Gasteiger partial charge in [0.1, 0.15) is 12.2 Å². The Morgan fingerprint density at radius 3 is 3.06 bits per heavy atom. The van der Waals surface area contributed by atoms with Gasteiger partial charge in [0.2, 0.25) is 0 Å². The number of aromatic amines is 1. The number of carbonyl (C=O) groups is 1. The Morgan fingerprint density at radius 1 is 1.44 bits per heavy atom. The molecule has 0 spiro atoms. The summed E-state index contributed by atoms with van der Waals surface area (Å²) in [5.41, 5.74) is 1.89. The van der Waals surface area contributed by atoms with E-state index in [1.54, 1.807) is 0 Å². The first-order valence-electron chi connectivity index (χ1n) is 5.70. The van der Waals surface area contributed by atoms with Crippen molar-refractivity contribution in [1.82, 2.24) is 20.5 Å². The average molecular weight is 245 g/mol. The van der Waals surface area contributed by atoms with E-state index in [0.29, 0.717) is 13.0 Å². The molecule has 3 N–H and O–H groups in total. The van der Waals surface area contributed by atoms with Crippen molar-refractivity contribution in [2.45, 2.75) is 13.3 Å². The van der Waals surface area contributed by atoms with Gasteiger partial charge in [-0.25, -0.2) is 9.78 Å². The van der Waals surface area contributed by atoms with Crippen LogP contribution < -0.4 is 10.6 Å². The number of hydrogen-bond acceptors (Lipinski definition) is 3. The molecule has 1 heterocycles. The number of aryl methyl sites for hydroxylation is 1. The van der Waals surface area contributed by atoms with Crippen molar-refractivity contribution in [3.8, 4) is 0 Å². The van der Waals surface area contributed by atoms with Crippen molar-refractivity contribution >= 4 is 11.7 Å². The van der Waals surface area contributed by atoms with E-state index in [4.69, 9.17) is 0 Å². The molecule has 0 unspecified atom stereocenters. The molecule has 1 aromatic carbocycles. The van der Waals surface area contributed by atoms with E-state index >= 15 is 0 Å². The van der Waals surface area contributed by atoms with Crippen LogP contribution in [0.4, 0.5) is 10.5 Å². The highest BCUT2D eigenvalue weighted by Crippen LogP contribution is 2.08. The lowest BCUT2D eigenvalue weighted by Crippen LogP contribution is -2.30. The molecule has 94 valence electrons. The summed E-state index contributed by atoms with van der Waals surface area (Å²) in [6.45, 7) is 2.49. The zero-order chi connectivity index (χ0) is 12.8. The zero-order valence-electron chi connectivity index (χ0n) is 10.1. The first-order valence-corrected chi connectivity index (χ1v) is 5.70. The quantitative estimate of drug-likeness (QED) is 0.763. The molecule has 0 aliphatic rings. The minimum Gasteiger partial charge on any atom is -0.337 e. The topological polar surface area (TPSA) is 82.7 Å². The molecular weight excluding hydrogens is 230 g/mol. The minimum atomic E-state index is -0.222. The van der Waals surface area contributed by atoms with Crippen LogP contribution >= 0.6 is 0 Å². The number of nitrogens with zero attached hydrogens (tertiary/aromatic N) is 2. The van der Waals surface area contributed by atoms with Crippen molar-refractivity contribution in [3.63, 3.8) is 0 Å². The van der Waals surface area contributed by atoms with Crippen LogP contribution in [0.5, 0.6) is 0 Å². The van der Waals surface area contributed by atoms with Gasteiger partial charge in [0.05, 0.1) is 0 Å². The molecule has 0 fully saturated rings. The molecule has 6 nitrogen and oxygen atoms in total. The van der Waals surface area contributed by atoms with Gasteiger partial charge in [0, 0.05) is 18.7 Å². The summed E-state index contributed by atoms with van der Waals surface area (Å²) in [6.07, 6.45) is 2.07. The number of H-pyrrole nitrogens is 1. The summed E-state index contributed by atoms with van der Waals surface area (Å²) in [7, 11) is 0. The number of carbonyl (C=O) groups excluding carboxylic acids is 1. The maximum atomic E-state index is 11.6. The van der Waals surface area contributed by atoms with Gasteiger partial charge in [-0.2, -0.15) is 5.10 Å². The van der Waals surface area contributed by atoms with Crippen molar-refractivity contribution in [2.75, 3.05) is 11.9 Å². The maximum Gasteiger partial charge on any atom is 0.319 e. The summed E-state index contributed by atoms with van der Waals surface area (Å²) in [5.74, 6) is 0.755. The third-order valence-corrected chi connectivity index (χ3v) is 2.39. The molecule has 18 heavy (non-hydrogen) atoms. The van der Waals surface area contributed by atoms with Crippen LogP contribution in [0, 0.1) is 6.92 Å². The van der Waals surface area contributed by atoms with Crippen molar-refractivity contribution in [1.29, 1.82) is 0 Å². The van der Waals surface area contributed by atoms with Gasteiger partial charge < -0.3 is 10.6 Å². The molecular formula is C12H15N5O. The Balaban J connectivity index is 1.75. The van der Waals surface area contributed by atoms with E-state index < -0.39 is 0 Å². The fourth-order valence-corrected chi connectivity index (χ4v) is 1.54. The van der Waals surface area contributed by atoms with Crippen molar-refractivity contribution in [3.05, 3.63) is 42.0 Å². The first kappa shape index (κ1) is 12.1. The molecule has 2 rings (SSSR count). The molecule has 0 aliphatic heterocycles. The summed E-state index contributed by atoms with van der Waals surface area (Å²) in [4.78, 5) is 15.6. The summed E-state index contributed by atoms with van der Waals surface area (Å²) in [6, 6.07) is 7.42. The van der Waals surface area contributed by atoms with Crippen LogP contribution in [-0.2, 0) is 6.42 Å². The summed E-state index contributed by atoms with van der Waals surface area (Å²) < 4.78 is 0. The monoisotopic (exact) mass is 245 g/mol. The number of benzene rings is 1. The van der Waals surface area contributed by atoms with Gasteiger partial charge in [-0.3, -0.25) is 5.10 Å². The molecule has 0 radical (unpaired) electrons. The number of rotatable bonds is 4.